The number of allylic oxidation sites excluding steroid dienone is 1. The molecule has 0 amide bonds. The number of esters is 2. The topological polar surface area (TPSA) is 101 Å². The maximum absolute atomic E-state index is 14.5. The van der Waals surface area contributed by atoms with Gasteiger partial charge >= 0.3 is 17.6 Å². The molecule has 1 aromatic heterocycles. The average molecular weight is 747 g/mol. The smallest absolute Gasteiger partial charge is 0.339 e. The van der Waals surface area contributed by atoms with Gasteiger partial charge in [-0.2, -0.15) is 0 Å². The summed E-state index contributed by atoms with van der Waals surface area (Å²) in [7, 11) is 1.59. The first kappa shape index (κ1) is 38.6. The molecule has 4 aromatic rings. The van der Waals surface area contributed by atoms with Crippen LogP contribution in [0.25, 0.3) is 11.0 Å². The fourth-order valence-corrected chi connectivity index (χ4v) is 8.92. The molecule has 55 heavy (non-hydrogen) atoms. The van der Waals surface area contributed by atoms with Crippen LogP contribution in [0.15, 0.2) is 93.2 Å². The van der Waals surface area contributed by atoms with Crippen LogP contribution < -0.4 is 10.4 Å². The maximum Gasteiger partial charge on any atom is 0.339 e. The number of carbonyl (C=O) groups excluding carboxylic acids is 2. The Balaban J connectivity index is 1.36. The number of rotatable bonds is 7. The van der Waals surface area contributed by atoms with Gasteiger partial charge in [0.1, 0.15) is 16.9 Å². The van der Waals surface area contributed by atoms with Crippen LogP contribution in [-0.4, -0.2) is 37.4 Å². The number of hydrogen-bond donors (Lipinski definition) is 0. The molecule has 290 valence electrons. The van der Waals surface area contributed by atoms with Gasteiger partial charge in [0.05, 0.1) is 12.2 Å². The van der Waals surface area contributed by atoms with E-state index in [0.29, 0.717) is 60.1 Å². The normalized spacial score (nSPS) is 23.7. The molecule has 8 nitrogen and oxygen atoms in total. The molecule has 4 atom stereocenters. The molecule has 1 fully saturated rings. The van der Waals surface area contributed by atoms with Crippen LogP contribution in [-0.2, 0) is 49.5 Å². The van der Waals surface area contributed by atoms with Gasteiger partial charge in [-0.15, -0.1) is 0 Å². The summed E-state index contributed by atoms with van der Waals surface area (Å²) in [4.78, 5) is 42.5. The number of hydrogen-bond acceptors (Lipinski definition) is 8. The lowest BCUT2D eigenvalue weighted by atomic mass is 9.71. The van der Waals surface area contributed by atoms with E-state index in [4.69, 9.17) is 23.4 Å². The molecule has 2 bridgehead atoms. The van der Waals surface area contributed by atoms with Gasteiger partial charge in [-0.1, -0.05) is 79.4 Å². The third-order valence-electron chi connectivity index (χ3n) is 12.1. The number of ether oxygens (including phenoxy) is 4. The van der Waals surface area contributed by atoms with Crippen molar-refractivity contribution in [2.45, 2.75) is 116 Å². The predicted molar refractivity (Wildman–Crippen MR) is 212 cm³/mol. The summed E-state index contributed by atoms with van der Waals surface area (Å²) in [6.07, 6.45) is 6.92. The lowest BCUT2D eigenvalue weighted by Crippen LogP contribution is -2.58. The molecule has 8 rings (SSSR count). The molecular weight excluding hydrogens is 693 g/mol. The fraction of sp³-hybridized carbons (Fsp3) is 0.468. The van der Waals surface area contributed by atoms with Crippen molar-refractivity contribution in [3.8, 4) is 5.75 Å². The van der Waals surface area contributed by atoms with E-state index in [-0.39, 0.29) is 23.8 Å². The van der Waals surface area contributed by atoms with Crippen LogP contribution in [0, 0.1) is 11.8 Å². The van der Waals surface area contributed by atoms with Crippen LogP contribution in [0.4, 0.5) is 0 Å². The van der Waals surface area contributed by atoms with Crippen molar-refractivity contribution in [1.82, 2.24) is 0 Å². The van der Waals surface area contributed by atoms with Crippen molar-refractivity contribution in [2.75, 3.05) is 13.7 Å². The number of aryl methyl sites for hydroxylation is 2. The summed E-state index contributed by atoms with van der Waals surface area (Å²) >= 11 is 0. The number of methoxy groups -OCH3 is 1. The second-order valence-electron chi connectivity index (χ2n) is 16.1. The summed E-state index contributed by atoms with van der Waals surface area (Å²) in [5.41, 5.74) is 4.61. The zero-order valence-electron chi connectivity index (χ0n) is 32.7. The molecule has 4 heterocycles. The molecule has 4 unspecified atom stereocenters. The molecule has 0 saturated heterocycles. The van der Waals surface area contributed by atoms with Crippen molar-refractivity contribution in [3.05, 3.63) is 122 Å². The Kier molecular flexibility index (Phi) is 11.9. The molecule has 3 aromatic carbocycles. The van der Waals surface area contributed by atoms with Crippen LogP contribution >= 0.6 is 0 Å². The average Bonchev–Trinajstić information content (AvgIpc) is 3.18. The molecule has 0 spiro atoms. The Hall–Kier alpha value is -4.69. The zero-order valence-corrected chi connectivity index (χ0v) is 32.7. The number of fused-ring (bicyclic) bond motifs is 13. The Labute approximate surface area is 324 Å². The van der Waals surface area contributed by atoms with Gasteiger partial charge in [-0.3, -0.25) is 4.79 Å². The van der Waals surface area contributed by atoms with Gasteiger partial charge in [0, 0.05) is 42.4 Å². The molecule has 1 saturated carbocycles. The standard InChI is InChI=1S/C47H54O8/c1-30(2)38-23-21-32-15-18-33(19-16-32)27-34(20-17-31-11-7-5-8-12-31)28-40(48)52-43-41-39(24-22-35-29-36(25-26-51-4)45(49)53-42(35)41)55-47(3,44(43)54-46(38)50)37-13-9-6-10-14-37/h5,7-8,11-12,15-16,18-19,22,24,29,34,37,43-44H,6,9-10,13-14,17,20-21,23,25-28H2,1-4H3. The lowest BCUT2D eigenvalue weighted by Gasteiger charge is -2.49. The van der Waals surface area contributed by atoms with Crippen molar-refractivity contribution in [1.29, 1.82) is 0 Å². The minimum absolute atomic E-state index is 0.0115. The quantitative estimate of drug-likeness (QED) is 0.105. The Morgan fingerprint density at radius 2 is 1.58 bits per heavy atom. The first-order chi connectivity index (χ1) is 26.6. The van der Waals surface area contributed by atoms with E-state index < -0.39 is 35.4 Å². The highest BCUT2D eigenvalue weighted by Crippen LogP contribution is 2.52. The van der Waals surface area contributed by atoms with E-state index in [2.05, 4.69) is 36.4 Å². The van der Waals surface area contributed by atoms with E-state index in [0.717, 1.165) is 61.6 Å². The van der Waals surface area contributed by atoms with Gasteiger partial charge in [-0.05, 0) is 107 Å². The van der Waals surface area contributed by atoms with Crippen LogP contribution in [0.2, 0.25) is 0 Å². The first-order valence-corrected chi connectivity index (χ1v) is 20.1. The Bertz CT molecular complexity index is 2070. The van der Waals surface area contributed by atoms with Crippen molar-refractivity contribution < 1.29 is 33.0 Å². The summed E-state index contributed by atoms with van der Waals surface area (Å²) in [5.74, 6) is -0.360. The summed E-state index contributed by atoms with van der Waals surface area (Å²) in [6.45, 7) is 6.23. The third-order valence-corrected chi connectivity index (χ3v) is 12.1. The molecule has 0 N–H and O–H groups in total. The van der Waals surface area contributed by atoms with Crippen LogP contribution in [0.3, 0.4) is 0 Å². The molecule has 3 aliphatic heterocycles. The highest BCUT2D eigenvalue weighted by atomic mass is 16.6. The monoisotopic (exact) mass is 746 g/mol. The summed E-state index contributed by atoms with van der Waals surface area (Å²) in [6, 6.07) is 24.4. The Morgan fingerprint density at radius 3 is 2.31 bits per heavy atom. The van der Waals surface area contributed by atoms with Crippen LogP contribution in [0.5, 0.6) is 5.75 Å². The highest BCUT2D eigenvalue weighted by Gasteiger charge is 2.56. The third kappa shape index (κ3) is 8.60. The Morgan fingerprint density at radius 1 is 0.836 bits per heavy atom. The SMILES string of the molecule is COCCc1cc2ccc3c(c2oc1=O)C1OC(=O)CC(CCc2ccccc2)Cc2ccc(cc2)CCC(=C(C)C)C(=O)OC1C(C)(C1CCCCC1)O3. The zero-order chi connectivity index (χ0) is 38.5. The van der Waals surface area contributed by atoms with E-state index in [9.17, 15) is 14.4 Å². The van der Waals surface area contributed by atoms with Crippen LogP contribution in [0.1, 0.15) is 106 Å². The van der Waals surface area contributed by atoms with Gasteiger partial charge in [0.25, 0.3) is 0 Å². The van der Waals surface area contributed by atoms with Crippen molar-refractivity contribution >= 4 is 22.9 Å². The van der Waals surface area contributed by atoms with Gasteiger partial charge in [0.15, 0.2) is 12.2 Å². The predicted octanol–water partition coefficient (Wildman–Crippen LogP) is 9.37. The largest absolute Gasteiger partial charge is 0.483 e. The second-order valence-corrected chi connectivity index (χ2v) is 16.1. The van der Waals surface area contributed by atoms with Gasteiger partial charge in [-0.25, -0.2) is 9.59 Å². The van der Waals surface area contributed by atoms with Crippen molar-refractivity contribution in [2.24, 2.45) is 11.8 Å². The first-order valence-electron chi connectivity index (χ1n) is 20.1. The minimum Gasteiger partial charge on any atom is -0.483 e. The van der Waals surface area contributed by atoms with E-state index in [1.54, 1.807) is 13.2 Å². The summed E-state index contributed by atoms with van der Waals surface area (Å²) in [5, 5.41) is 0.663. The minimum atomic E-state index is -1.08. The molecule has 0 radical (unpaired) electrons. The molecule has 4 aliphatic rings. The van der Waals surface area contributed by atoms with E-state index in [1.807, 2.05) is 51.1 Å². The van der Waals surface area contributed by atoms with E-state index >= 15 is 0 Å². The fourth-order valence-electron chi connectivity index (χ4n) is 8.92. The second kappa shape index (κ2) is 17.0. The highest BCUT2D eigenvalue weighted by molar-refractivity contribution is 5.90. The number of benzene rings is 3. The number of carbonyl (C=O) groups is 2. The molecule has 8 heteroatoms. The van der Waals surface area contributed by atoms with E-state index in [1.165, 1.54) is 5.56 Å². The van der Waals surface area contributed by atoms with Crippen molar-refractivity contribution in [3.63, 3.8) is 0 Å². The molecule has 1 aliphatic carbocycles. The van der Waals surface area contributed by atoms with Gasteiger partial charge < -0.3 is 23.4 Å². The maximum atomic E-state index is 14.5. The lowest BCUT2D eigenvalue weighted by molar-refractivity contribution is -0.201. The van der Waals surface area contributed by atoms with Gasteiger partial charge in [0.2, 0.25) is 0 Å². The molecular formula is C47H54O8. The summed E-state index contributed by atoms with van der Waals surface area (Å²) < 4.78 is 31.7.